The van der Waals surface area contributed by atoms with Gasteiger partial charge in [-0.05, 0) is 31.4 Å². The van der Waals surface area contributed by atoms with E-state index >= 15 is 0 Å². The molecule has 2 aromatic heterocycles. The van der Waals surface area contributed by atoms with Crippen LogP contribution in [-0.2, 0) is 16.0 Å². The van der Waals surface area contributed by atoms with Crippen molar-refractivity contribution < 1.29 is 14.6 Å². The lowest BCUT2D eigenvalue weighted by molar-refractivity contribution is -0.202. The zero-order valence-corrected chi connectivity index (χ0v) is 14.6. The molecule has 2 aliphatic rings. The third kappa shape index (κ3) is 2.83. The highest BCUT2D eigenvalue weighted by atomic mass is 16.5. The predicted molar refractivity (Wildman–Crippen MR) is 93.2 cm³/mol. The number of aliphatic hydroxyl groups is 1. The highest BCUT2D eigenvalue weighted by Crippen LogP contribution is 2.50. The molecular formula is C19H25N3O3. The van der Waals surface area contributed by atoms with E-state index in [0.717, 1.165) is 30.6 Å². The second-order valence-corrected chi connectivity index (χ2v) is 7.29. The van der Waals surface area contributed by atoms with Gasteiger partial charge in [-0.25, -0.2) is 4.98 Å². The number of methoxy groups -OCH3 is 1. The van der Waals surface area contributed by atoms with Gasteiger partial charge in [0.15, 0.2) is 0 Å². The summed E-state index contributed by atoms with van der Waals surface area (Å²) < 4.78 is 7.49. The number of likely N-dealkylation sites (tertiary alicyclic amines) is 1. The number of aromatic nitrogens is 2. The van der Waals surface area contributed by atoms with E-state index < -0.39 is 0 Å². The fraction of sp³-hybridized carbons (Fsp3) is 0.579. The molecule has 1 N–H and O–H groups in total. The molecule has 6 heteroatoms. The molecule has 1 saturated heterocycles. The Morgan fingerprint density at radius 3 is 2.88 bits per heavy atom. The van der Waals surface area contributed by atoms with Gasteiger partial charge < -0.3 is 19.1 Å². The van der Waals surface area contributed by atoms with Crippen molar-refractivity contribution in [2.45, 2.75) is 44.3 Å². The number of aliphatic hydroxyl groups excluding tert-OH is 1. The first-order valence-electron chi connectivity index (χ1n) is 9.03. The largest absolute Gasteiger partial charge is 0.392 e. The van der Waals surface area contributed by atoms with Crippen LogP contribution in [0.5, 0.6) is 0 Å². The quantitative estimate of drug-likeness (QED) is 0.917. The van der Waals surface area contributed by atoms with Gasteiger partial charge in [-0.2, -0.15) is 0 Å². The van der Waals surface area contributed by atoms with Gasteiger partial charge in [-0.1, -0.05) is 6.07 Å². The standard InChI is InChI=1S/C19H25N3O3/c1-25-16-12-15(23)19(16)7-10-21(11-8-19)18(24)6-5-14-13-22-9-3-2-4-17(22)20-14/h2-4,9,13,15-16,23H,5-8,10-12H2,1H3/t15-,16+/m1/s1. The second-order valence-electron chi connectivity index (χ2n) is 7.29. The van der Waals surface area contributed by atoms with Gasteiger partial charge >= 0.3 is 0 Å². The SMILES string of the molecule is CO[C@H]1C[C@@H](O)C12CCN(C(=O)CCc1cn3ccccc3n1)CC2. The number of carbonyl (C=O) groups excluding carboxylic acids is 1. The van der Waals surface area contributed by atoms with Crippen molar-refractivity contribution >= 4 is 11.6 Å². The van der Waals surface area contributed by atoms with Gasteiger partial charge in [0.2, 0.25) is 5.91 Å². The van der Waals surface area contributed by atoms with Gasteiger partial charge in [0, 0.05) is 50.8 Å². The summed E-state index contributed by atoms with van der Waals surface area (Å²) in [5, 5.41) is 10.2. The highest BCUT2D eigenvalue weighted by Gasteiger charge is 2.56. The Bertz CT molecular complexity index is 731. The van der Waals surface area contributed by atoms with E-state index in [9.17, 15) is 9.90 Å². The average Bonchev–Trinajstić information content (AvgIpc) is 3.07. The number of fused-ring (bicyclic) bond motifs is 1. The van der Waals surface area contributed by atoms with Crippen LogP contribution in [0.3, 0.4) is 0 Å². The molecule has 1 aliphatic carbocycles. The summed E-state index contributed by atoms with van der Waals surface area (Å²) in [5.74, 6) is 0.176. The normalized spacial score (nSPS) is 25.3. The van der Waals surface area contributed by atoms with E-state index in [1.165, 1.54) is 0 Å². The third-order valence-electron chi connectivity index (χ3n) is 6.08. The lowest BCUT2D eigenvalue weighted by atomic mass is 9.58. The number of hydrogen-bond donors (Lipinski definition) is 1. The first kappa shape index (κ1) is 16.5. The van der Waals surface area contributed by atoms with Gasteiger partial charge in [0.25, 0.3) is 0 Å². The molecule has 0 unspecified atom stereocenters. The predicted octanol–water partition coefficient (Wildman–Crippen LogP) is 1.66. The highest BCUT2D eigenvalue weighted by molar-refractivity contribution is 5.76. The summed E-state index contributed by atoms with van der Waals surface area (Å²) in [4.78, 5) is 19.0. The number of rotatable bonds is 4. The van der Waals surface area contributed by atoms with Crippen LogP contribution in [0.15, 0.2) is 30.6 Å². The number of imidazole rings is 1. The monoisotopic (exact) mass is 343 g/mol. The van der Waals surface area contributed by atoms with Crippen LogP contribution in [0, 0.1) is 5.41 Å². The molecule has 134 valence electrons. The Labute approximate surface area is 147 Å². The van der Waals surface area contributed by atoms with Crippen molar-refractivity contribution in [1.82, 2.24) is 14.3 Å². The zero-order valence-electron chi connectivity index (χ0n) is 14.6. The Morgan fingerprint density at radius 2 is 2.20 bits per heavy atom. The second kappa shape index (κ2) is 6.42. The molecule has 0 radical (unpaired) electrons. The van der Waals surface area contributed by atoms with E-state index in [-0.39, 0.29) is 23.5 Å². The number of ether oxygens (including phenoxy) is 1. The van der Waals surface area contributed by atoms with Crippen molar-refractivity contribution in [3.05, 3.63) is 36.3 Å². The van der Waals surface area contributed by atoms with Crippen molar-refractivity contribution in [3.63, 3.8) is 0 Å². The van der Waals surface area contributed by atoms with E-state index in [0.29, 0.717) is 25.9 Å². The minimum atomic E-state index is -0.285. The molecule has 0 aromatic carbocycles. The van der Waals surface area contributed by atoms with E-state index in [1.807, 2.05) is 39.9 Å². The molecule has 2 fully saturated rings. The van der Waals surface area contributed by atoms with E-state index in [2.05, 4.69) is 4.98 Å². The molecule has 4 rings (SSSR count). The number of amides is 1. The van der Waals surface area contributed by atoms with Crippen LogP contribution in [0.25, 0.3) is 5.65 Å². The lowest BCUT2D eigenvalue weighted by Crippen LogP contribution is -2.62. The lowest BCUT2D eigenvalue weighted by Gasteiger charge is -2.56. The number of pyridine rings is 1. The number of nitrogens with zero attached hydrogens (tertiary/aromatic N) is 3. The number of carbonyl (C=O) groups is 1. The fourth-order valence-electron chi connectivity index (χ4n) is 4.39. The van der Waals surface area contributed by atoms with Crippen molar-refractivity contribution in [3.8, 4) is 0 Å². The van der Waals surface area contributed by atoms with Crippen LogP contribution < -0.4 is 0 Å². The van der Waals surface area contributed by atoms with Crippen LogP contribution in [0.2, 0.25) is 0 Å². The topological polar surface area (TPSA) is 67.1 Å². The van der Waals surface area contributed by atoms with Gasteiger partial charge in [0.1, 0.15) is 5.65 Å². The van der Waals surface area contributed by atoms with Gasteiger partial charge in [0.05, 0.1) is 17.9 Å². The summed E-state index contributed by atoms with van der Waals surface area (Å²) in [5.41, 5.74) is 1.73. The molecule has 1 saturated carbocycles. The number of hydrogen-bond acceptors (Lipinski definition) is 4. The Balaban J connectivity index is 1.32. The number of piperidine rings is 1. The van der Waals surface area contributed by atoms with Crippen molar-refractivity contribution in [2.24, 2.45) is 5.41 Å². The molecule has 1 aliphatic heterocycles. The fourth-order valence-corrected chi connectivity index (χ4v) is 4.39. The summed E-state index contributed by atoms with van der Waals surface area (Å²) in [6, 6.07) is 5.89. The molecule has 0 bridgehead atoms. The maximum Gasteiger partial charge on any atom is 0.222 e. The zero-order chi connectivity index (χ0) is 17.4. The molecular weight excluding hydrogens is 318 g/mol. The molecule has 25 heavy (non-hydrogen) atoms. The molecule has 2 atom stereocenters. The molecule has 2 aromatic rings. The molecule has 1 spiro atoms. The van der Waals surface area contributed by atoms with E-state index in [4.69, 9.17) is 4.74 Å². The minimum absolute atomic E-state index is 0.132. The maximum atomic E-state index is 12.5. The smallest absolute Gasteiger partial charge is 0.222 e. The Hall–Kier alpha value is -1.92. The van der Waals surface area contributed by atoms with Gasteiger partial charge in [-0.3, -0.25) is 4.79 Å². The van der Waals surface area contributed by atoms with Crippen LogP contribution in [-0.4, -0.2) is 57.7 Å². The molecule has 3 heterocycles. The van der Waals surface area contributed by atoms with E-state index in [1.54, 1.807) is 7.11 Å². The van der Waals surface area contributed by atoms with Gasteiger partial charge in [-0.15, -0.1) is 0 Å². The summed E-state index contributed by atoms with van der Waals surface area (Å²) >= 11 is 0. The minimum Gasteiger partial charge on any atom is -0.392 e. The van der Waals surface area contributed by atoms with Crippen LogP contribution >= 0.6 is 0 Å². The number of aryl methyl sites for hydroxylation is 1. The third-order valence-corrected chi connectivity index (χ3v) is 6.08. The molecule has 1 amide bonds. The van der Waals surface area contributed by atoms with Crippen LogP contribution in [0.4, 0.5) is 0 Å². The van der Waals surface area contributed by atoms with Crippen LogP contribution in [0.1, 0.15) is 31.4 Å². The van der Waals surface area contributed by atoms with Crippen molar-refractivity contribution in [1.29, 1.82) is 0 Å². The molecule has 6 nitrogen and oxygen atoms in total. The Morgan fingerprint density at radius 1 is 1.40 bits per heavy atom. The summed E-state index contributed by atoms with van der Waals surface area (Å²) in [6.07, 6.45) is 7.32. The van der Waals surface area contributed by atoms with Crippen molar-refractivity contribution in [2.75, 3.05) is 20.2 Å². The first-order chi connectivity index (χ1) is 12.1. The Kier molecular flexibility index (Phi) is 4.25. The average molecular weight is 343 g/mol. The first-order valence-corrected chi connectivity index (χ1v) is 9.03. The maximum absolute atomic E-state index is 12.5. The summed E-state index contributed by atoms with van der Waals surface area (Å²) in [6.45, 7) is 1.42. The summed E-state index contributed by atoms with van der Waals surface area (Å²) in [7, 11) is 1.71.